The van der Waals surface area contributed by atoms with E-state index in [0.717, 1.165) is 5.69 Å². The molecule has 0 radical (unpaired) electrons. The lowest BCUT2D eigenvalue weighted by Crippen LogP contribution is -1.96. The van der Waals surface area contributed by atoms with E-state index in [1.54, 1.807) is 0 Å². The summed E-state index contributed by atoms with van der Waals surface area (Å²) in [5.74, 6) is 0. The van der Waals surface area contributed by atoms with Gasteiger partial charge in [0.1, 0.15) is 0 Å². The summed E-state index contributed by atoms with van der Waals surface area (Å²) in [5.41, 5.74) is 16.2. The Morgan fingerprint density at radius 1 is 0.277 bits per heavy atom. The fourth-order valence-electron chi connectivity index (χ4n) is 7.94. The smallest absolute Gasteiger partial charge is 0.0548 e. The van der Waals surface area contributed by atoms with Gasteiger partial charge in [-0.15, -0.1) is 0 Å². The summed E-state index contributed by atoms with van der Waals surface area (Å²) in [5, 5.41) is 5.26. The van der Waals surface area contributed by atoms with E-state index in [4.69, 9.17) is 0 Å². The lowest BCUT2D eigenvalue weighted by atomic mass is 9.88. The number of benzene rings is 8. The van der Waals surface area contributed by atoms with Gasteiger partial charge in [-0.1, -0.05) is 152 Å². The molecule has 1 heteroatoms. The Morgan fingerprint density at radius 3 is 1.51 bits per heavy atom. The highest BCUT2D eigenvalue weighted by Crippen LogP contribution is 2.52. The van der Waals surface area contributed by atoms with E-state index >= 15 is 0 Å². The summed E-state index contributed by atoms with van der Waals surface area (Å²) in [6.45, 7) is 0. The Labute approximate surface area is 273 Å². The van der Waals surface area contributed by atoms with Crippen LogP contribution in [0.5, 0.6) is 0 Å². The average Bonchev–Trinajstić information content (AvgIpc) is 3.43. The summed E-state index contributed by atoms with van der Waals surface area (Å²) in [7, 11) is 0. The number of aromatic nitrogens is 1. The lowest BCUT2D eigenvalue weighted by molar-refractivity contribution is 1.18. The second-order valence-electron chi connectivity index (χ2n) is 12.5. The van der Waals surface area contributed by atoms with Crippen LogP contribution in [0.4, 0.5) is 0 Å². The molecule has 10 rings (SSSR count). The zero-order valence-electron chi connectivity index (χ0n) is 25.7. The molecule has 9 aromatic rings. The van der Waals surface area contributed by atoms with E-state index in [1.807, 2.05) is 0 Å². The third-order valence-corrected chi connectivity index (χ3v) is 9.96. The fourth-order valence-corrected chi connectivity index (χ4v) is 7.94. The van der Waals surface area contributed by atoms with Gasteiger partial charge >= 0.3 is 0 Å². The highest BCUT2D eigenvalue weighted by atomic mass is 15.0. The van der Waals surface area contributed by atoms with Crippen LogP contribution in [0.3, 0.4) is 0 Å². The van der Waals surface area contributed by atoms with Gasteiger partial charge in [0.05, 0.1) is 11.0 Å². The molecular weight excluding hydrogens is 567 g/mol. The van der Waals surface area contributed by atoms with Crippen molar-refractivity contribution in [2.75, 3.05) is 0 Å². The SMILES string of the molecule is c1ccc(-c2ccccc2-c2ccc(-n3c4ccc(-c5ccccc5)c5c4c4c6c(cccc6ccc43)-c3ccccc3-5)cc2)cc1. The fraction of sp³-hybridized carbons (Fsp3) is 0. The van der Waals surface area contributed by atoms with Crippen molar-refractivity contribution in [3.05, 3.63) is 176 Å². The van der Waals surface area contributed by atoms with Gasteiger partial charge in [-0.25, -0.2) is 0 Å². The van der Waals surface area contributed by atoms with Gasteiger partial charge in [-0.05, 0) is 85.1 Å². The van der Waals surface area contributed by atoms with Crippen molar-refractivity contribution in [1.82, 2.24) is 4.57 Å². The number of fused-ring (bicyclic) bond motifs is 3. The minimum atomic E-state index is 1.16. The van der Waals surface area contributed by atoms with E-state index in [0.29, 0.717) is 0 Å². The van der Waals surface area contributed by atoms with Crippen molar-refractivity contribution in [2.24, 2.45) is 0 Å². The molecule has 8 aromatic carbocycles. The van der Waals surface area contributed by atoms with Crippen molar-refractivity contribution in [3.8, 4) is 61.3 Å². The predicted octanol–water partition coefficient (Wildman–Crippen LogP) is 12.6. The van der Waals surface area contributed by atoms with Gasteiger partial charge in [0.25, 0.3) is 0 Å². The molecule has 0 fully saturated rings. The van der Waals surface area contributed by atoms with Crippen LogP contribution in [0.1, 0.15) is 0 Å². The topological polar surface area (TPSA) is 4.93 Å². The Hall–Kier alpha value is -6.18. The van der Waals surface area contributed by atoms with E-state index in [2.05, 4.69) is 180 Å². The molecule has 1 nitrogen and oxygen atoms in total. The van der Waals surface area contributed by atoms with E-state index in [9.17, 15) is 0 Å². The van der Waals surface area contributed by atoms with Crippen LogP contribution < -0.4 is 0 Å². The molecule has 1 heterocycles. The zero-order chi connectivity index (χ0) is 30.9. The maximum Gasteiger partial charge on any atom is 0.0548 e. The van der Waals surface area contributed by atoms with Gasteiger partial charge in [-0.3, -0.25) is 0 Å². The molecule has 1 aromatic heterocycles. The maximum atomic E-state index is 2.47. The quantitative estimate of drug-likeness (QED) is 0.191. The van der Waals surface area contributed by atoms with Crippen LogP contribution in [-0.2, 0) is 0 Å². The summed E-state index contributed by atoms with van der Waals surface area (Å²) in [6.07, 6.45) is 0. The molecule has 47 heavy (non-hydrogen) atoms. The molecule has 0 aliphatic heterocycles. The molecule has 0 N–H and O–H groups in total. The normalized spacial score (nSPS) is 11.8. The molecule has 0 atom stereocenters. The molecule has 0 saturated carbocycles. The largest absolute Gasteiger partial charge is 0.309 e. The van der Waals surface area contributed by atoms with Crippen molar-refractivity contribution in [1.29, 1.82) is 0 Å². The van der Waals surface area contributed by atoms with E-state index in [-0.39, 0.29) is 0 Å². The molecule has 1 aliphatic carbocycles. The molecule has 0 saturated heterocycles. The third kappa shape index (κ3) is 3.84. The first-order valence-corrected chi connectivity index (χ1v) is 16.3. The first kappa shape index (κ1) is 26.1. The second kappa shape index (κ2) is 10.2. The van der Waals surface area contributed by atoms with Gasteiger partial charge < -0.3 is 4.57 Å². The van der Waals surface area contributed by atoms with Crippen LogP contribution in [-0.4, -0.2) is 4.57 Å². The maximum absolute atomic E-state index is 2.47. The Morgan fingerprint density at radius 2 is 0.809 bits per heavy atom. The van der Waals surface area contributed by atoms with Crippen molar-refractivity contribution in [3.63, 3.8) is 0 Å². The Kier molecular flexibility index (Phi) is 5.64. The van der Waals surface area contributed by atoms with Crippen molar-refractivity contribution in [2.45, 2.75) is 0 Å². The summed E-state index contributed by atoms with van der Waals surface area (Å²) >= 11 is 0. The number of hydrogen-bond donors (Lipinski definition) is 0. The van der Waals surface area contributed by atoms with Crippen LogP contribution in [0.15, 0.2) is 176 Å². The first-order valence-electron chi connectivity index (χ1n) is 16.3. The summed E-state index contributed by atoms with van der Waals surface area (Å²) < 4.78 is 2.47. The molecule has 0 bridgehead atoms. The lowest BCUT2D eigenvalue weighted by Gasteiger charge is -2.17. The number of rotatable bonds is 4. The average molecular weight is 596 g/mol. The number of nitrogens with zero attached hydrogens (tertiary/aromatic N) is 1. The van der Waals surface area contributed by atoms with Crippen LogP contribution in [0.25, 0.3) is 93.9 Å². The number of hydrogen-bond acceptors (Lipinski definition) is 0. The van der Waals surface area contributed by atoms with E-state index < -0.39 is 0 Å². The van der Waals surface area contributed by atoms with Crippen molar-refractivity contribution >= 4 is 32.6 Å². The van der Waals surface area contributed by atoms with Crippen molar-refractivity contribution < 1.29 is 0 Å². The Bertz CT molecular complexity index is 2640. The van der Waals surface area contributed by atoms with Gasteiger partial charge in [0, 0.05) is 22.0 Å². The van der Waals surface area contributed by atoms with Crippen LogP contribution >= 0.6 is 0 Å². The first-order chi connectivity index (χ1) is 23.3. The molecule has 0 spiro atoms. The Balaban J connectivity index is 1.27. The monoisotopic (exact) mass is 595 g/mol. The van der Waals surface area contributed by atoms with Gasteiger partial charge in [0.2, 0.25) is 0 Å². The standard InChI is InChI=1S/C46H29N/c1-3-12-30(13-4-1)35-17-7-8-18-36(35)32-22-25-34(26-23-32)47-41-28-24-33-16-11-21-39-38-19-9-10-20-40(38)44-37(31-14-5-2-6-15-31)27-29-42(47)46(44)45(41)43(33)39/h1-29H. The predicted molar refractivity (Wildman–Crippen MR) is 199 cm³/mol. The van der Waals surface area contributed by atoms with E-state index in [1.165, 1.54) is 88.2 Å². The molecule has 0 amide bonds. The van der Waals surface area contributed by atoms with Crippen LogP contribution in [0.2, 0.25) is 0 Å². The highest BCUT2D eigenvalue weighted by molar-refractivity contribution is 6.31. The van der Waals surface area contributed by atoms with Gasteiger partial charge in [-0.2, -0.15) is 0 Å². The van der Waals surface area contributed by atoms with Gasteiger partial charge in [0.15, 0.2) is 0 Å². The molecular formula is C46H29N. The van der Waals surface area contributed by atoms with Crippen LogP contribution in [0, 0.1) is 0 Å². The second-order valence-corrected chi connectivity index (χ2v) is 12.5. The summed E-state index contributed by atoms with van der Waals surface area (Å²) in [6, 6.07) is 64.4. The molecule has 218 valence electrons. The summed E-state index contributed by atoms with van der Waals surface area (Å²) in [4.78, 5) is 0. The minimum absolute atomic E-state index is 1.16. The highest BCUT2D eigenvalue weighted by Gasteiger charge is 2.26. The zero-order valence-corrected chi connectivity index (χ0v) is 25.7. The minimum Gasteiger partial charge on any atom is -0.309 e. The molecule has 1 aliphatic rings. The third-order valence-electron chi connectivity index (χ3n) is 9.96. The molecule has 0 unspecified atom stereocenters.